The second-order valence-electron chi connectivity index (χ2n) is 16.7. The van der Waals surface area contributed by atoms with Crippen LogP contribution in [0.25, 0.3) is 21.0 Å². The fourth-order valence-corrected chi connectivity index (χ4v) is 9.37. The standard InChI is InChI=1S/C46H63N3O11S/c1-12-14-20-49(21-15-13-2)45-48-34-31-32-38(53)28(8)41-33(31)43(55)46(10,60-41)58-22-19-30(57-11)25(5)40(59-29(9)50)27(7)37(52)26(6)36(51)23(3)17-16-18-24(4)44(56)47-35(39(32)54)42(34)61-45/h16-19,22-23,25-27,30,36-37,40,51-54H,12-15,20-21H2,1-11H3,(H,47,56)/b17-16+,22-19+,24-18-/t23-,25+,26+,27+,30-,36-,37+,40+,46-/m0/s1. The number of ether oxygens (including phenoxy) is 4. The number of phenols is 2. The molecule has 3 heterocycles. The Hall–Kier alpha value is -4.70. The van der Waals surface area contributed by atoms with Crippen LogP contribution in [0.5, 0.6) is 17.2 Å². The fraction of sp³-hybridized carbons (Fsp3) is 0.565. The van der Waals surface area contributed by atoms with E-state index in [4.69, 9.17) is 23.9 Å². The summed E-state index contributed by atoms with van der Waals surface area (Å²) >= 11 is 1.27. The third kappa shape index (κ3) is 9.40. The Bertz CT molecular complexity index is 2210. The van der Waals surface area contributed by atoms with Gasteiger partial charge in [-0.3, -0.25) is 14.4 Å². The molecule has 0 saturated heterocycles. The van der Waals surface area contributed by atoms with Gasteiger partial charge in [0.1, 0.15) is 23.3 Å². The zero-order valence-electron chi connectivity index (χ0n) is 37.2. The number of carbonyl (C=O) groups excluding carboxylic acids is 3. The van der Waals surface area contributed by atoms with E-state index in [-0.39, 0.29) is 44.7 Å². The maximum Gasteiger partial charge on any atom is 0.312 e. The summed E-state index contributed by atoms with van der Waals surface area (Å²) < 4.78 is 24.4. The minimum atomic E-state index is -1.95. The number of fused-ring (bicyclic) bond motifs is 1. The van der Waals surface area contributed by atoms with Gasteiger partial charge in [-0.1, -0.05) is 83.9 Å². The van der Waals surface area contributed by atoms with Gasteiger partial charge in [0.05, 0.1) is 45.7 Å². The van der Waals surface area contributed by atoms with Gasteiger partial charge in [-0.05, 0) is 32.8 Å². The fourth-order valence-electron chi connectivity index (χ4n) is 8.25. The number of unbranched alkanes of at least 4 members (excludes halogenated alkanes) is 2. The number of nitrogens with zero attached hydrogens (tertiary/aromatic N) is 2. The molecule has 3 aromatic rings. The molecule has 0 radical (unpaired) electrons. The molecule has 5 rings (SSSR count). The molecular formula is C46H63N3O11S. The van der Waals surface area contributed by atoms with Crippen molar-refractivity contribution in [2.75, 3.05) is 30.4 Å². The molecule has 15 heteroatoms. The third-order valence-corrected chi connectivity index (χ3v) is 13.3. The molecule has 2 aliphatic heterocycles. The van der Waals surface area contributed by atoms with Gasteiger partial charge in [0.15, 0.2) is 10.9 Å². The number of esters is 1. The van der Waals surface area contributed by atoms with Gasteiger partial charge in [-0.25, -0.2) is 4.98 Å². The smallest absolute Gasteiger partial charge is 0.312 e. The number of anilines is 2. The van der Waals surface area contributed by atoms with Crippen molar-refractivity contribution in [1.29, 1.82) is 0 Å². The quantitative estimate of drug-likeness (QED) is 0.102. The number of hydrogen-bond acceptors (Lipinski definition) is 14. The minimum Gasteiger partial charge on any atom is -0.507 e. The van der Waals surface area contributed by atoms with E-state index in [2.05, 4.69) is 24.1 Å². The van der Waals surface area contributed by atoms with Crippen LogP contribution in [0.2, 0.25) is 0 Å². The summed E-state index contributed by atoms with van der Waals surface area (Å²) in [4.78, 5) is 48.3. The number of aliphatic hydroxyl groups is 2. The van der Waals surface area contributed by atoms with Crippen molar-refractivity contribution in [3.05, 3.63) is 47.3 Å². The predicted molar refractivity (Wildman–Crippen MR) is 237 cm³/mol. The lowest BCUT2D eigenvalue weighted by atomic mass is 9.78. The summed E-state index contributed by atoms with van der Waals surface area (Å²) in [6.45, 7) is 18.6. The molecule has 4 bridgehead atoms. The number of thiazole rings is 1. The first-order valence-electron chi connectivity index (χ1n) is 21.2. The summed E-state index contributed by atoms with van der Waals surface area (Å²) in [6, 6.07) is 0. The van der Waals surface area contributed by atoms with E-state index in [1.54, 1.807) is 65.8 Å². The second-order valence-corrected chi connectivity index (χ2v) is 17.7. The molecular weight excluding hydrogens is 803 g/mol. The van der Waals surface area contributed by atoms with Crippen LogP contribution >= 0.6 is 11.3 Å². The Labute approximate surface area is 362 Å². The predicted octanol–water partition coefficient (Wildman–Crippen LogP) is 8.06. The van der Waals surface area contributed by atoms with Gasteiger partial charge >= 0.3 is 11.8 Å². The van der Waals surface area contributed by atoms with Crippen molar-refractivity contribution < 1.29 is 53.8 Å². The van der Waals surface area contributed by atoms with E-state index >= 15 is 0 Å². The number of phenolic OH excluding ortho intramolecular Hbond substituents is 2. The number of amides is 1. The molecule has 1 amide bonds. The first-order valence-corrected chi connectivity index (χ1v) is 22.0. The lowest BCUT2D eigenvalue weighted by Gasteiger charge is -2.38. The monoisotopic (exact) mass is 865 g/mol. The molecule has 9 atom stereocenters. The Balaban J connectivity index is 1.76. The van der Waals surface area contributed by atoms with Crippen LogP contribution in [-0.2, 0) is 23.8 Å². The number of carbonyl (C=O) groups is 3. The molecule has 334 valence electrons. The van der Waals surface area contributed by atoms with Crippen molar-refractivity contribution in [3.63, 3.8) is 0 Å². The molecule has 14 nitrogen and oxygen atoms in total. The molecule has 2 aliphatic rings. The van der Waals surface area contributed by atoms with Crippen LogP contribution in [0.3, 0.4) is 0 Å². The Morgan fingerprint density at radius 3 is 2.23 bits per heavy atom. The number of methoxy groups -OCH3 is 1. The molecule has 0 spiro atoms. The zero-order valence-corrected chi connectivity index (χ0v) is 38.0. The van der Waals surface area contributed by atoms with Crippen LogP contribution in [0.15, 0.2) is 36.1 Å². The number of Topliss-reactive ketones (excluding diaryl/α,β-unsaturated/α-hetero) is 1. The van der Waals surface area contributed by atoms with Crippen LogP contribution in [-0.4, -0.2) is 93.5 Å². The number of allylic oxidation sites excluding steroid dienone is 2. The lowest BCUT2D eigenvalue weighted by Crippen LogP contribution is -2.46. The van der Waals surface area contributed by atoms with E-state index in [0.29, 0.717) is 28.4 Å². The average molecular weight is 866 g/mol. The number of aromatic hydroxyl groups is 2. The highest BCUT2D eigenvalue weighted by molar-refractivity contribution is 7.23. The van der Waals surface area contributed by atoms with Gasteiger partial charge in [0, 0.05) is 74.2 Å². The molecule has 2 aromatic carbocycles. The van der Waals surface area contributed by atoms with Crippen LogP contribution in [0, 0.1) is 30.6 Å². The van der Waals surface area contributed by atoms with Crippen molar-refractivity contribution in [3.8, 4) is 17.2 Å². The number of benzene rings is 2. The Morgan fingerprint density at radius 2 is 1.62 bits per heavy atom. The first kappa shape index (κ1) is 47.4. The molecule has 61 heavy (non-hydrogen) atoms. The van der Waals surface area contributed by atoms with Gasteiger partial charge in [0.2, 0.25) is 0 Å². The molecule has 0 aliphatic carbocycles. The molecule has 0 saturated carbocycles. The molecule has 5 N–H and O–H groups in total. The van der Waals surface area contributed by atoms with Crippen LogP contribution in [0.4, 0.5) is 10.8 Å². The maximum absolute atomic E-state index is 14.7. The summed E-state index contributed by atoms with van der Waals surface area (Å²) in [5.41, 5.74) is 0.811. The van der Waals surface area contributed by atoms with E-state index < -0.39 is 77.3 Å². The largest absolute Gasteiger partial charge is 0.507 e. The second kappa shape index (κ2) is 19.6. The van der Waals surface area contributed by atoms with E-state index in [1.165, 1.54) is 38.6 Å². The first-order chi connectivity index (χ1) is 28.8. The van der Waals surface area contributed by atoms with Crippen LogP contribution < -0.4 is 15.0 Å². The number of ketones is 1. The van der Waals surface area contributed by atoms with E-state index in [1.807, 2.05) is 0 Å². The van der Waals surface area contributed by atoms with Gasteiger partial charge in [0.25, 0.3) is 11.7 Å². The summed E-state index contributed by atoms with van der Waals surface area (Å²) in [5, 5.41) is 50.5. The SMILES string of the molecule is CCCCN(CCCC)c1nc2c(s1)c1c(O)c3c(O)c(C)c4c(c32)C(=O)[C@@](C)(O/C=C/[C@H](OC)[C@@H](C)[C@@H](OC(C)=O)[C@H](C)[C@H](O)[C@H](C)[C@@H](O)[C@@H](C)/C=C/C=C(/C)C(=O)N1)O4. The Kier molecular flexibility index (Phi) is 15.2. The van der Waals surface area contributed by atoms with Gasteiger partial charge < -0.3 is 49.6 Å². The van der Waals surface area contributed by atoms with Gasteiger partial charge in [-0.2, -0.15) is 0 Å². The average Bonchev–Trinajstić information content (AvgIpc) is 3.78. The number of aromatic nitrogens is 1. The van der Waals surface area contributed by atoms with E-state index in [9.17, 15) is 34.8 Å². The van der Waals surface area contributed by atoms with Crippen LogP contribution in [0.1, 0.15) is 104 Å². The summed E-state index contributed by atoms with van der Waals surface area (Å²) in [5.74, 6) is -6.76. The lowest BCUT2D eigenvalue weighted by molar-refractivity contribution is -0.160. The summed E-state index contributed by atoms with van der Waals surface area (Å²) in [7, 11) is 1.47. The number of hydrogen-bond donors (Lipinski definition) is 5. The van der Waals surface area contributed by atoms with Crippen molar-refractivity contribution in [2.45, 2.75) is 125 Å². The number of aliphatic hydroxyl groups excluding tert-OH is 2. The molecule has 1 aromatic heterocycles. The highest BCUT2D eigenvalue weighted by Gasteiger charge is 2.50. The Morgan fingerprint density at radius 1 is 0.967 bits per heavy atom. The zero-order chi connectivity index (χ0) is 45.1. The number of rotatable bonds is 9. The van der Waals surface area contributed by atoms with Crippen molar-refractivity contribution in [2.24, 2.45) is 23.7 Å². The summed E-state index contributed by atoms with van der Waals surface area (Å²) in [6.07, 6.45) is 7.71. The number of nitrogens with one attached hydrogen (secondary N) is 1. The molecule has 0 fully saturated rings. The third-order valence-electron chi connectivity index (χ3n) is 12.2. The van der Waals surface area contributed by atoms with E-state index in [0.717, 1.165) is 25.7 Å². The van der Waals surface area contributed by atoms with Crippen molar-refractivity contribution >= 4 is 60.8 Å². The van der Waals surface area contributed by atoms with Crippen molar-refractivity contribution in [1.82, 2.24) is 4.98 Å². The minimum absolute atomic E-state index is 0.0313. The molecule has 0 unspecified atom stereocenters. The maximum atomic E-state index is 14.7. The normalized spacial score (nSPS) is 29.5. The highest BCUT2D eigenvalue weighted by Crippen LogP contribution is 2.55. The van der Waals surface area contributed by atoms with Gasteiger partial charge in [-0.15, -0.1) is 0 Å². The topological polar surface area (TPSA) is 197 Å². The highest BCUT2D eigenvalue weighted by atomic mass is 32.1.